The summed E-state index contributed by atoms with van der Waals surface area (Å²) in [5.41, 5.74) is 4.40. The average molecular weight is 449 g/mol. The summed E-state index contributed by atoms with van der Waals surface area (Å²) in [6.45, 7) is 7.42. The van der Waals surface area contributed by atoms with Crippen molar-refractivity contribution in [2.75, 3.05) is 12.4 Å². The van der Waals surface area contributed by atoms with Crippen LogP contribution in [-0.2, 0) is 22.5 Å². The zero-order valence-corrected chi connectivity index (χ0v) is 19.5. The van der Waals surface area contributed by atoms with Crippen LogP contribution in [0.25, 0.3) is 11.4 Å². The molecule has 1 unspecified atom stereocenters. The molecule has 1 aliphatic rings. The molecular formula is C25H28N4O4. The summed E-state index contributed by atoms with van der Waals surface area (Å²) in [6.07, 6.45) is 0.193. The number of aromatic nitrogens is 3. The van der Waals surface area contributed by atoms with E-state index in [1.165, 1.54) is 6.92 Å². The molecule has 33 heavy (non-hydrogen) atoms. The second-order valence-electron chi connectivity index (χ2n) is 8.10. The van der Waals surface area contributed by atoms with Gasteiger partial charge in [0.05, 0.1) is 24.5 Å². The van der Waals surface area contributed by atoms with E-state index in [-0.39, 0.29) is 17.6 Å². The van der Waals surface area contributed by atoms with Gasteiger partial charge in [0, 0.05) is 31.5 Å². The van der Waals surface area contributed by atoms with Gasteiger partial charge < -0.3 is 14.8 Å². The van der Waals surface area contributed by atoms with Gasteiger partial charge >= 0.3 is 5.97 Å². The summed E-state index contributed by atoms with van der Waals surface area (Å²) in [5, 5.41) is 3.37. The molecule has 1 aliphatic carbocycles. The third kappa shape index (κ3) is 4.20. The number of hydrogen-bond donors (Lipinski definition) is 1. The van der Waals surface area contributed by atoms with Crippen LogP contribution in [0.1, 0.15) is 42.4 Å². The molecule has 8 nitrogen and oxygen atoms in total. The molecule has 0 aliphatic heterocycles. The summed E-state index contributed by atoms with van der Waals surface area (Å²) >= 11 is 0. The Hall–Kier alpha value is -3.68. The smallest absolute Gasteiger partial charge is 0.302 e. The van der Waals surface area contributed by atoms with E-state index in [1.54, 1.807) is 24.7 Å². The lowest BCUT2D eigenvalue weighted by Crippen LogP contribution is -2.32. The van der Waals surface area contributed by atoms with Gasteiger partial charge in [-0.05, 0) is 38.0 Å². The Morgan fingerprint density at radius 1 is 1.15 bits per heavy atom. The van der Waals surface area contributed by atoms with Crippen molar-refractivity contribution in [2.45, 2.75) is 52.8 Å². The second kappa shape index (κ2) is 9.05. The minimum Gasteiger partial charge on any atom is -0.481 e. The van der Waals surface area contributed by atoms with Gasteiger partial charge in [-0.1, -0.05) is 24.3 Å². The van der Waals surface area contributed by atoms with E-state index in [9.17, 15) is 9.59 Å². The number of aryl methyl sites for hydroxylation is 2. The van der Waals surface area contributed by atoms with Crippen LogP contribution in [0.2, 0.25) is 0 Å². The molecule has 0 amide bonds. The van der Waals surface area contributed by atoms with Gasteiger partial charge in [0.25, 0.3) is 5.56 Å². The van der Waals surface area contributed by atoms with Crippen molar-refractivity contribution >= 4 is 11.7 Å². The molecule has 2 atom stereocenters. The first-order valence-electron chi connectivity index (χ1n) is 11.0. The number of pyridine rings is 1. The van der Waals surface area contributed by atoms with Crippen molar-refractivity contribution in [1.82, 2.24) is 14.5 Å². The first-order valence-corrected chi connectivity index (χ1v) is 11.0. The van der Waals surface area contributed by atoms with Crippen LogP contribution in [0.15, 0.2) is 41.2 Å². The van der Waals surface area contributed by atoms with Gasteiger partial charge in [-0.15, -0.1) is 0 Å². The summed E-state index contributed by atoms with van der Waals surface area (Å²) in [6, 6.07) is 11.2. The van der Waals surface area contributed by atoms with Crippen LogP contribution in [-0.4, -0.2) is 33.7 Å². The van der Waals surface area contributed by atoms with E-state index in [2.05, 4.69) is 10.3 Å². The van der Waals surface area contributed by atoms with Crippen LogP contribution in [0, 0.1) is 13.8 Å². The van der Waals surface area contributed by atoms with Crippen LogP contribution in [0.3, 0.4) is 0 Å². The average Bonchev–Trinajstić information content (AvgIpc) is 3.12. The molecule has 3 aromatic rings. The van der Waals surface area contributed by atoms with E-state index in [0.717, 1.165) is 22.4 Å². The number of esters is 1. The van der Waals surface area contributed by atoms with E-state index in [1.807, 2.05) is 44.2 Å². The molecule has 0 saturated heterocycles. The van der Waals surface area contributed by atoms with E-state index in [0.29, 0.717) is 36.1 Å². The molecule has 0 fully saturated rings. The molecule has 1 aromatic carbocycles. The fraction of sp³-hybridized carbons (Fsp3) is 0.360. The Kier molecular flexibility index (Phi) is 6.18. The molecule has 172 valence electrons. The van der Waals surface area contributed by atoms with Gasteiger partial charge in [0.2, 0.25) is 5.88 Å². The number of nitrogens with one attached hydrogen (secondary N) is 1. The summed E-state index contributed by atoms with van der Waals surface area (Å²) in [5.74, 6) is 0.716. The predicted molar refractivity (Wildman–Crippen MR) is 125 cm³/mol. The SMILES string of the molecule is CCn1c(-c2ccc(OC)nc2C)nc(C)c(NC2c3ccccc3C[C@@H]2OC(C)=O)c1=O. The Bertz CT molecular complexity index is 1270. The van der Waals surface area contributed by atoms with Gasteiger partial charge in [0.1, 0.15) is 17.6 Å². The normalized spacial score (nSPS) is 16.9. The number of rotatable bonds is 6. The predicted octanol–water partition coefficient (Wildman–Crippen LogP) is 3.59. The number of ether oxygens (including phenoxy) is 2. The molecule has 0 saturated carbocycles. The number of hydrogen-bond acceptors (Lipinski definition) is 7. The highest BCUT2D eigenvalue weighted by Crippen LogP contribution is 2.36. The zero-order valence-electron chi connectivity index (χ0n) is 19.5. The highest BCUT2D eigenvalue weighted by atomic mass is 16.5. The minimum absolute atomic E-state index is 0.179. The van der Waals surface area contributed by atoms with Gasteiger partial charge in [-0.3, -0.25) is 14.2 Å². The number of benzene rings is 1. The fourth-order valence-electron chi connectivity index (χ4n) is 4.42. The zero-order chi connectivity index (χ0) is 23.7. The number of fused-ring (bicyclic) bond motifs is 1. The maximum absolute atomic E-state index is 13.6. The monoisotopic (exact) mass is 448 g/mol. The van der Waals surface area contributed by atoms with E-state index in [4.69, 9.17) is 14.5 Å². The molecule has 4 rings (SSSR count). The highest BCUT2D eigenvalue weighted by Gasteiger charge is 2.35. The number of methoxy groups -OCH3 is 1. The molecule has 2 heterocycles. The van der Waals surface area contributed by atoms with Crippen LogP contribution >= 0.6 is 0 Å². The summed E-state index contributed by atoms with van der Waals surface area (Å²) in [7, 11) is 1.57. The van der Waals surface area contributed by atoms with Gasteiger partial charge in [0.15, 0.2) is 0 Å². The largest absolute Gasteiger partial charge is 0.481 e. The maximum Gasteiger partial charge on any atom is 0.302 e. The fourth-order valence-corrected chi connectivity index (χ4v) is 4.42. The summed E-state index contributed by atoms with van der Waals surface area (Å²) < 4.78 is 12.4. The molecule has 0 radical (unpaired) electrons. The van der Waals surface area contributed by atoms with Crippen molar-refractivity contribution in [3.63, 3.8) is 0 Å². The number of nitrogens with zero attached hydrogens (tertiary/aromatic N) is 3. The van der Waals surface area contributed by atoms with E-state index >= 15 is 0 Å². The third-order valence-corrected chi connectivity index (χ3v) is 5.98. The first-order chi connectivity index (χ1) is 15.8. The first kappa shape index (κ1) is 22.5. The van der Waals surface area contributed by atoms with Crippen molar-refractivity contribution in [2.24, 2.45) is 0 Å². The molecule has 8 heteroatoms. The van der Waals surface area contributed by atoms with Crippen LogP contribution in [0.4, 0.5) is 5.69 Å². The lowest BCUT2D eigenvalue weighted by molar-refractivity contribution is -0.146. The van der Waals surface area contributed by atoms with Gasteiger partial charge in [-0.25, -0.2) is 9.97 Å². The molecule has 2 aromatic heterocycles. The third-order valence-electron chi connectivity index (χ3n) is 5.98. The topological polar surface area (TPSA) is 95.3 Å². The highest BCUT2D eigenvalue weighted by molar-refractivity contribution is 5.67. The van der Waals surface area contributed by atoms with Crippen molar-refractivity contribution in [3.8, 4) is 17.3 Å². The Balaban J connectivity index is 1.78. The van der Waals surface area contributed by atoms with Crippen LogP contribution in [0.5, 0.6) is 5.88 Å². The quantitative estimate of drug-likeness (QED) is 0.576. The van der Waals surface area contributed by atoms with E-state index < -0.39 is 6.10 Å². The second-order valence-corrected chi connectivity index (χ2v) is 8.10. The molecular weight excluding hydrogens is 420 g/mol. The van der Waals surface area contributed by atoms with Crippen molar-refractivity contribution < 1.29 is 14.3 Å². The Morgan fingerprint density at radius 3 is 2.58 bits per heavy atom. The van der Waals surface area contributed by atoms with Crippen LogP contribution < -0.4 is 15.6 Å². The minimum atomic E-state index is -0.401. The standard InChI is InChI=1S/C25H28N4O4/c1-6-29-24(18-11-12-21(32-5)26-14(18)2)27-15(3)22(25(29)31)28-23-19-10-8-7-9-17(19)13-20(23)33-16(4)30/h7-12,20,23,28H,6,13H2,1-5H3/t20-,23?/m0/s1. The Morgan fingerprint density at radius 2 is 1.91 bits per heavy atom. The molecule has 0 spiro atoms. The maximum atomic E-state index is 13.6. The lowest BCUT2D eigenvalue weighted by atomic mass is 10.1. The summed E-state index contributed by atoms with van der Waals surface area (Å²) in [4.78, 5) is 34.5. The van der Waals surface area contributed by atoms with Crippen molar-refractivity contribution in [1.29, 1.82) is 0 Å². The number of carbonyl (C=O) groups is 1. The Labute approximate surface area is 192 Å². The van der Waals surface area contributed by atoms with Gasteiger partial charge in [-0.2, -0.15) is 0 Å². The number of anilines is 1. The van der Waals surface area contributed by atoms with Crippen molar-refractivity contribution in [3.05, 3.63) is 69.3 Å². The lowest BCUT2D eigenvalue weighted by Gasteiger charge is -2.24. The number of carbonyl (C=O) groups excluding carboxylic acids is 1. The molecule has 0 bridgehead atoms. The molecule has 1 N–H and O–H groups in total.